The molecule has 0 radical (unpaired) electrons. The Kier molecular flexibility index (Phi) is 6.48. The van der Waals surface area contributed by atoms with E-state index in [-0.39, 0.29) is 11.3 Å². The smallest absolute Gasteiger partial charge is 0.266 e. The maximum absolute atomic E-state index is 12.3. The predicted molar refractivity (Wildman–Crippen MR) is 99.5 cm³/mol. The van der Waals surface area contributed by atoms with E-state index in [0.717, 1.165) is 0 Å². The average Bonchev–Trinajstić information content (AvgIpc) is 2.61. The van der Waals surface area contributed by atoms with Gasteiger partial charge in [-0.2, -0.15) is 5.26 Å². The van der Waals surface area contributed by atoms with Crippen molar-refractivity contribution >= 4 is 29.3 Å². The first-order valence-electron chi connectivity index (χ1n) is 7.71. The normalized spacial score (nSPS) is 10.8. The van der Waals surface area contributed by atoms with Crippen molar-refractivity contribution in [3.05, 3.63) is 52.6 Å². The first-order valence-corrected chi connectivity index (χ1v) is 8.08. The molecule has 0 saturated heterocycles. The molecule has 0 heterocycles. The molecule has 2 aromatic rings. The highest BCUT2D eigenvalue weighted by atomic mass is 35.5. The molecule has 2 rings (SSSR count). The van der Waals surface area contributed by atoms with E-state index in [0.29, 0.717) is 34.4 Å². The molecule has 1 amide bonds. The second-order valence-electron chi connectivity index (χ2n) is 5.14. The Balaban J connectivity index is 2.31. The lowest BCUT2D eigenvalue weighted by atomic mass is 10.1. The van der Waals surface area contributed by atoms with Crippen LogP contribution < -0.4 is 14.8 Å². The Labute approximate surface area is 156 Å². The Bertz CT molecular complexity index is 870. The number of phenols is 1. The number of benzene rings is 2. The van der Waals surface area contributed by atoms with Crippen molar-refractivity contribution in [2.24, 2.45) is 0 Å². The molecule has 0 spiro atoms. The minimum atomic E-state index is -0.580. The zero-order valence-corrected chi connectivity index (χ0v) is 15.0. The Morgan fingerprint density at radius 3 is 2.62 bits per heavy atom. The molecule has 0 saturated carbocycles. The monoisotopic (exact) mass is 372 g/mol. The number of aromatic hydroxyl groups is 1. The van der Waals surface area contributed by atoms with Gasteiger partial charge in [-0.15, -0.1) is 0 Å². The molecule has 0 fully saturated rings. The van der Waals surface area contributed by atoms with E-state index in [9.17, 15) is 15.2 Å². The topological polar surface area (TPSA) is 91.6 Å². The van der Waals surface area contributed by atoms with E-state index in [4.69, 9.17) is 21.1 Å². The van der Waals surface area contributed by atoms with E-state index in [1.54, 1.807) is 12.1 Å². The molecule has 0 atom stereocenters. The van der Waals surface area contributed by atoms with E-state index in [2.05, 4.69) is 5.32 Å². The van der Waals surface area contributed by atoms with Crippen LogP contribution in [0.4, 0.5) is 5.69 Å². The van der Waals surface area contributed by atoms with Crippen LogP contribution in [-0.4, -0.2) is 24.7 Å². The van der Waals surface area contributed by atoms with Crippen LogP contribution in [0.2, 0.25) is 5.02 Å². The van der Waals surface area contributed by atoms with Gasteiger partial charge in [-0.05, 0) is 55.0 Å². The third-order valence-corrected chi connectivity index (χ3v) is 3.62. The minimum absolute atomic E-state index is 0.0791. The number of nitrogens with one attached hydrogen (secondary N) is 1. The lowest BCUT2D eigenvalue weighted by molar-refractivity contribution is -0.112. The van der Waals surface area contributed by atoms with E-state index >= 15 is 0 Å². The van der Waals surface area contributed by atoms with Gasteiger partial charge in [0.15, 0.2) is 11.5 Å². The molecule has 0 aliphatic heterocycles. The summed E-state index contributed by atoms with van der Waals surface area (Å²) >= 11 is 6.18. The maximum atomic E-state index is 12.3. The van der Waals surface area contributed by atoms with Crippen molar-refractivity contribution < 1.29 is 19.4 Å². The largest absolute Gasteiger partial charge is 0.508 e. The van der Waals surface area contributed by atoms with Crippen molar-refractivity contribution in [1.82, 2.24) is 0 Å². The number of methoxy groups -OCH3 is 1. The van der Waals surface area contributed by atoms with Crippen LogP contribution in [0.3, 0.4) is 0 Å². The zero-order chi connectivity index (χ0) is 19.1. The van der Waals surface area contributed by atoms with Crippen molar-refractivity contribution in [2.75, 3.05) is 19.0 Å². The number of nitriles is 1. The molecule has 0 aromatic heterocycles. The van der Waals surface area contributed by atoms with Crippen molar-refractivity contribution in [1.29, 1.82) is 5.26 Å². The summed E-state index contributed by atoms with van der Waals surface area (Å²) in [6.07, 6.45) is 1.41. The number of hydrogen-bond acceptors (Lipinski definition) is 5. The standard InChI is InChI=1S/C19H17ClN2O4/c1-3-26-17-10-12(9-16(20)18(17)25-2)8-13(11-21)19(24)22-14-4-6-15(23)7-5-14/h4-10,23H,3H2,1-2H3,(H,22,24)/b13-8+. The number of hydrogen-bond donors (Lipinski definition) is 2. The summed E-state index contributed by atoms with van der Waals surface area (Å²) in [6.45, 7) is 2.23. The fraction of sp³-hybridized carbons (Fsp3) is 0.158. The third-order valence-electron chi connectivity index (χ3n) is 3.34. The zero-order valence-electron chi connectivity index (χ0n) is 14.2. The van der Waals surface area contributed by atoms with Crippen molar-refractivity contribution in [3.63, 3.8) is 0 Å². The summed E-state index contributed by atoms with van der Waals surface area (Å²) in [4.78, 5) is 12.3. The molecule has 7 heteroatoms. The fourth-order valence-electron chi connectivity index (χ4n) is 2.19. The molecule has 2 N–H and O–H groups in total. The highest BCUT2D eigenvalue weighted by Crippen LogP contribution is 2.36. The fourth-order valence-corrected chi connectivity index (χ4v) is 2.49. The number of nitrogens with zero attached hydrogens (tertiary/aromatic N) is 1. The first kappa shape index (κ1) is 19.2. The second kappa shape index (κ2) is 8.79. The first-order chi connectivity index (χ1) is 12.5. The van der Waals surface area contributed by atoms with Crippen LogP contribution in [0.25, 0.3) is 6.08 Å². The van der Waals surface area contributed by atoms with Gasteiger partial charge in [0.1, 0.15) is 17.4 Å². The van der Waals surface area contributed by atoms with Gasteiger partial charge in [0.2, 0.25) is 0 Å². The number of phenolic OH excluding ortho intramolecular Hbond substituents is 1. The van der Waals surface area contributed by atoms with Crippen LogP contribution in [0.15, 0.2) is 42.0 Å². The van der Waals surface area contributed by atoms with Crippen LogP contribution in [0.5, 0.6) is 17.2 Å². The van der Waals surface area contributed by atoms with Crippen LogP contribution >= 0.6 is 11.6 Å². The van der Waals surface area contributed by atoms with Crippen molar-refractivity contribution in [2.45, 2.75) is 6.92 Å². The third kappa shape index (κ3) is 4.68. The van der Waals surface area contributed by atoms with E-state index in [1.807, 2.05) is 13.0 Å². The summed E-state index contributed by atoms with van der Waals surface area (Å²) < 4.78 is 10.7. The molecule has 26 heavy (non-hydrogen) atoms. The molecule has 0 unspecified atom stereocenters. The molecular formula is C19H17ClN2O4. The highest BCUT2D eigenvalue weighted by molar-refractivity contribution is 6.32. The van der Waals surface area contributed by atoms with Gasteiger partial charge in [-0.25, -0.2) is 0 Å². The van der Waals surface area contributed by atoms with Crippen molar-refractivity contribution in [3.8, 4) is 23.3 Å². The number of amides is 1. The molecule has 0 aliphatic rings. The van der Waals surface area contributed by atoms with Gasteiger partial charge in [0.05, 0.1) is 18.7 Å². The minimum Gasteiger partial charge on any atom is -0.508 e. The van der Waals surface area contributed by atoms with E-state index < -0.39 is 5.91 Å². The summed E-state index contributed by atoms with van der Waals surface area (Å²) in [5.41, 5.74) is 0.870. The summed E-state index contributed by atoms with van der Waals surface area (Å²) in [5, 5.41) is 21.5. The quantitative estimate of drug-likeness (QED) is 0.454. The number of carbonyl (C=O) groups excluding carboxylic acids is 1. The number of halogens is 1. The van der Waals surface area contributed by atoms with Crippen LogP contribution in [0.1, 0.15) is 12.5 Å². The number of anilines is 1. The summed E-state index contributed by atoms with van der Waals surface area (Å²) in [7, 11) is 1.48. The second-order valence-corrected chi connectivity index (χ2v) is 5.55. The predicted octanol–water partition coefficient (Wildman–Crippen LogP) is 4.00. The number of carbonyl (C=O) groups is 1. The lowest BCUT2D eigenvalue weighted by Crippen LogP contribution is -2.13. The van der Waals surface area contributed by atoms with Gasteiger partial charge in [-0.1, -0.05) is 11.6 Å². The molecule has 0 bridgehead atoms. The Hall–Kier alpha value is -3.17. The van der Waals surface area contributed by atoms with E-state index in [1.165, 1.54) is 37.5 Å². The molecule has 6 nitrogen and oxygen atoms in total. The van der Waals surface area contributed by atoms with Gasteiger partial charge in [-0.3, -0.25) is 4.79 Å². The summed E-state index contributed by atoms with van der Waals surface area (Å²) in [6, 6.07) is 11.0. The Morgan fingerprint density at radius 1 is 1.35 bits per heavy atom. The SMILES string of the molecule is CCOc1cc(/C=C(\C#N)C(=O)Nc2ccc(O)cc2)cc(Cl)c1OC. The molecule has 134 valence electrons. The number of ether oxygens (including phenoxy) is 2. The Morgan fingerprint density at radius 2 is 2.04 bits per heavy atom. The lowest BCUT2D eigenvalue weighted by Gasteiger charge is -2.12. The van der Waals surface area contributed by atoms with Crippen LogP contribution in [0, 0.1) is 11.3 Å². The average molecular weight is 373 g/mol. The van der Waals surface area contributed by atoms with Gasteiger partial charge in [0, 0.05) is 5.69 Å². The van der Waals surface area contributed by atoms with Crippen LogP contribution in [-0.2, 0) is 4.79 Å². The summed E-state index contributed by atoms with van der Waals surface area (Å²) in [5.74, 6) is 0.307. The molecule has 0 aliphatic carbocycles. The molecular weight excluding hydrogens is 356 g/mol. The van der Waals surface area contributed by atoms with Gasteiger partial charge in [0.25, 0.3) is 5.91 Å². The van der Waals surface area contributed by atoms with Gasteiger partial charge >= 0.3 is 0 Å². The maximum Gasteiger partial charge on any atom is 0.266 e. The molecule has 2 aromatic carbocycles. The highest BCUT2D eigenvalue weighted by Gasteiger charge is 2.14. The van der Waals surface area contributed by atoms with Gasteiger partial charge < -0.3 is 19.9 Å². The number of rotatable bonds is 6.